The van der Waals surface area contributed by atoms with Crippen molar-refractivity contribution in [1.82, 2.24) is 20.5 Å². The average Bonchev–Trinajstić information content (AvgIpc) is 2.88. The first-order chi connectivity index (χ1) is 8.75. The van der Waals surface area contributed by atoms with Crippen LogP contribution in [0, 0.1) is 0 Å². The summed E-state index contributed by atoms with van der Waals surface area (Å²) in [5.74, 6) is 0.809. The minimum Gasteiger partial charge on any atom is -0.312 e. The average molecular weight is 252 g/mol. The molecular weight excluding hydrogens is 238 g/mol. The second-order valence-electron chi connectivity index (χ2n) is 3.90. The number of halogens is 2. The van der Waals surface area contributed by atoms with Gasteiger partial charge >= 0.3 is 0 Å². The second-order valence-corrected chi connectivity index (χ2v) is 3.90. The van der Waals surface area contributed by atoms with Crippen molar-refractivity contribution in [1.29, 1.82) is 0 Å². The van der Waals surface area contributed by atoms with Crippen LogP contribution in [-0.2, 0) is 13.0 Å². The molecular formula is C12H14F2N4. The van der Waals surface area contributed by atoms with Crippen LogP contribution >= 0.6 is 0 Å². The fourth-order valence-corrected chi connectivity index (χ4v) is 1.63. The zero-order valence-electron chi connectivity index (χ0n) is 9.74. The molecule has 0 atom stereocenters. The monoisotopic (exact) mass is 252 g/mol. The summed E-state index contributed by atoms with van der Waals surface area (Å²) in [6, 6.07) is 6.43. The van der Waals surface area contributed by atoms with Crippen molar-refractivity contribution in [3.8, 4) is 0 Å². The van der Waals surface area contributed by atoms with Gasteiger partial charge in [0.2, 0.25) is 0 Å². The third-order valence-corrected chi connectivity index (χ3v) is 2.54. The number of nitrogens with zero attached hydrogens (tertiary/aromatic N) is 2. The van der Waals surface area contributed by atoms with Crippen molar-refractivity contribution in [3.05, 3.63) is 47.5 Å². The molecule has 1 aromatic heterocycles. The third-order valence-electron chi connectivity index (χ3n) is 2.54. The van der Waals surface area contributed by atoms with Crippen molar-refractivity contribution in [2.24, 2.45) is 0 Å². The highest BCUT2D eigenvalue weighted by molar-refractivity contribution is 5.24. The number of benzene rings is 1. The molecule has 0 spiro atoms. The van der Waals surface area contributed by atoms with Crippen molar-refractivity contribution in [3.63, 3.8) is 0 Å². The van der Waals surface area contributed by atoms with Crippen LogP contribution in [0.15, 0.2) is 30.6 Å². The highest BCUT2D eigenvalue weighted by atomic mass is 19.3. The summed E-state index contributed by atoms with van der Waals surface area (Å²) in [7, 11) is 0. The SMILES string of the molecule is FC(F)c1cccc(CNCCc2ncn[nH]2)c1. The van der Waals surface area contributed by atoms with E-state index in [-0.39, 0.29) is 5.56 Å². The maximum atomic E-state index is 12.5. The minimum atomic E-state index is -2.42. The molecule has 0 saturated heterocycles. The van der Waals surface area contributed by atoms with Crippen LogP contribution in [0.2, 0.25) is 0 Å². The molecule has 1 heterocycles. The minimum absolute atomic E-state index is 0.0598. The smallest absolute Gasteiger partial charge is 0.263 e. The van der Waals surface area contributed by atoms with E-state index in [1.807, 2.05) is 6.07 Å². The number of alkyl halides is 2. The number of hydrogen-bond acceptors (Lipinski definition) is 3. The molecule has 0 aliphatic heterocycles. The van der Waals surface area contributed by atoms with Crippen molar-refractivity contribution in [2.75, 3.05) is 6.54 Å². The molecule has 0 aliphatic carbocycles. The highest BCUT2D eigenvalue weighted by Gasteiger charge is 2.06. The molecule has 0 fully saturated rings. The van der Waals surface area contributed by atoms with E-state index in [0.29, 0.717) is 13.1 Å². The van der Waals surface area contributed by atoms with E-state index >= 15 is 0 Å². The molecule has 0 aliphatic rings. The third kappa shape index (κ3) is 3.59. The second kappa shape index (κ2) is 6.20. The fraction of sp³-hybridized carbons (Fsp3) is 0.333. The van der Waals surface area contributed by atoms with E-state index in [2.05, 4.69) is 20.5 Å². The number of rotatable bonds is 6. The highest BCUT2D eigenvalue weighted by Crippen LogP contribution is 2.19. The first-order valence-corrected chi connectivity index (χ1v) is 5.67. The lowest BCUT2D eigenvalue weighted by Gasteiger charge is -2.06. The molecule has 0 saturated carbocycles. The van der Waals surface area contributed by atoms with Crippen LogP contribution in [0.3, 0.4) is 0 Å². The summed E-state index contributed by atoms with van der Waals surface area (Å²) >= 11 is 0. The van der Waals surface area contributed by atoms with Gasteiger partial charge in [0.25, 0.3) is 6.43 Å². The summed E-state index contributed by atoms with van der Waals surface area (Å²) in [6.45, 7) is 1.28. The molecule has 2 aromatic rings. The van der Waals surface area contributed by atoms with E-state index < -0.39 is 6.43 Å². The molecule has 96 valence electrons. The molecule has 2 rings (SSSR count). The maximum absolute atomic E-state index is 12.5. The zero-order valence-corrected chi connectivity index (χ0v) is 9.74. The first-order valence-electron chi connectivity index (χ1n) is 5.67. The van der Waals surface area contributed by atoms with Gasteiger partial charge < -0.3 is 5.32 Å². The largest absolute Gasteiger partial charge is 0.312 e. The number of aromatic nitrogens is 3. The summed E-state index contributed by atoms with van der Waals surface area (Å²) in [6.07, 6.45) is -0.227. The molecule has 4 nitrogen and oxygen atoms in total. The van der Waals surface area contributed by atoms with E-state index in [1.54, 1.807) is 6.07 Å². The summed E-state index contributed by atoms with van der Waals surface area (Å²) in [5.41, 5.74) is 0.912. The Bertz CT molecular complexity index is 471. The predicted octanol–water partition coefficient (Wildman–Crippen LogP) is 2.07. The molecule has 0 radical (unpaired) electrons. The molecule has 2 N–H and O–H groups in total. The van der Waals surface area contributed by atoms with Gasteiger partial charge in [0, 0.05) is 25.1 Å². The normalized spacial score (nSPS) is 11.1. The zero-order chi connectivity index (χ0) is 12.8. The lowest BCUT2D eigenvalue weighted by atomic mass is 10.1. The quantitative estimate of drug-likeness (QED) is 0.774. The summed E-state index contributed by atoms with van der Waals surface area (Å²) in [4.78, 5) is 3.99. The van der Waals surface area contributed by atoms with Gasteiger partial charge in [0.05, 0.1) is 0 Å². The van der Waals surface area contributed by atoms with E-state index in [9.17, 15) is 8.78 Å². The maximum Gasteiger partial charge on any atom is 0.263 e. The van der Waals surface area contributed by atoms with Gasteiger partial charge in [-0.1, -0.05) is 18.2 Å². The Morgan fingerprint density at radius 2 is 2.22 bits per heavy atom. The Morgan fingerprint density at radius 3 is 2.94 bits per heavy atom. The Morgan fingerprint density at radius 1 is 1.33 bits per heavy atom. The topological polar surface area (TPSA) is 53.6 Å². The number of H-pyrrole nitrogens is 1. The van der Waals surface area contributed by atoms with Crippen LogP contribution in [0.5, 0.6) is 0 Å². The van der Waals surface area contributed by atoms with Crippen LogP contribution in [0.25, 0.3) is 0 Å². The number of hydrogen-bond donors (Lipinski definition) is 2. The van der Waals surface area contributed by atoms with Crippen LogP contribution in [-0.4, -0.2) is 21.7 Å². The van der Waals surface area contributed by atoms with Gasteiger partial charge in [0.15, 0.2) is 0 Å². The van der Waals surface area contributed by atoms with Crippen molar-refractivity contribution < 1.29 is 8.78 Å². The summed E-state index contributed by atoms with van der Waals surface area (Å²) in [5, 5.41) is 9.68. The Labute approximate surface area is 103 Å². The molecule has 0 unspecified atom stereocenters. The van der Waals surface area contributed by atoms with Crippen molar-refractivity contribution >= 4 is 0 Å². The van der Waals surface area contributed by atoms with E-state index in [0.717, 1.165) is 17.8 Å². The van der Waals surface area contributed by atoms with Gasteiger partial charge in [-0.2, -0.15) is 5.10 Å². The lowest BCUT2D eigenvalue weighted by molar-refractivity contribution is 0.151. The van der Waals surface area contributed by atoms with Crippen molar-refractivity contribution in [2.45, 2.75) is 19.4 Å². The predicted molar refractivity (Wildman–Crippen MR) is 63.2 cm³/mol. The number of aromatic amines is 1. The lowest BCUT2D eigenvalue weighted by Crippen LogP contribution is -2.17. The van der Waals surface area contributed by atoms with Gasteiger partial charge in [0.1, 0.15) is 12.2 Å². The molecule has 0 bridgehead atoms. The van der Waals surface area contributed by atoms with Gasteiger partial charge in [-0.25, -0.2) is 13.8 Å². The van der Waals surface area contributed by atoms with E-state index in [1.165, 1.54) is 18.5 Å². The standard InChI is InChI=1S/C12H14F2N4/c13-12(14)10-3-1-2-9(6-10)7-15-5-4-11-16-8-17-18-11/h1-3,6,8,12,15H,4-5,7H2,(H,16,17,18). The Balaban J connectivity index is 1.78. The van der Waals surface area contributed by atoms with Gasteiger partial charge in [-0.3, -0.25) is 5.10 Å². The molecule has 6 heteroatoms. The van der Waals surface area contributed by atoms with E-state index in [4.69, 9.17) is 0 Å². The first kappa shape index (κ1) is 12.6. The number of nitrogens with one attached hydrogen (secondary N) is 2. The Hall–Kier alpha value is -1.82. The van der Waals surface area contributed by atoms with Crippen LogP contribution in [0.1, 0.15) is 23.4 Å². The van der Waals surface area contributed by atoms with Crippen LogP contribution in [0.4, 0.5) is 8.78 Å². The van der Waals surface area contributed by atoms with Gasteiger partial charge in [-0.15, -0.1) is 0 Å². The molecule has 18 heavy (non-hydrogen) atoms. The summed E-state index contributed by atoms with van der Waals surface area (Å²) < 4.78 is 25.0. The van der Waals surface area contributed by atoms with Crippen LogP contribution < -0.4 is 5.32 Å². The molecule has 0 amide bonds. The fourth-order valence-electron chi connectivity index (χ4n) is 1.63. The molecule has 1 aromatic carbocycles. The van der Waals surface area contributed by atoms with Gasteiger partial charge in [-0.05, 0) is 11.6 Å². The Kier molecular flexibility index (Phi) is 4.35.